The van der Waals surface area contributed by atoms with Gasteiger partial charge in [-0.1, -0.05) is 31.5 Å². The van der Waals surface area contributed by atoms with E-state index in [9.17, 15) is 19.5 Å². The highest BCUT2D eigenvalue weighted by molar-refractivity contribution is 6.34. The van der Waals surface area contributed by atoms with E-state index in [4.69, 9.17) is 16.3 Å². The molecule has 0 bridgehead atoms. The van der Waals surface area contributed by atoms with Crippen LogP contribution < -0.4 is 10.6 Å². The number of halogens is 1. The van der Waals surface area contributed by atoms with Crippen LogP contribution in [0, 0.1) is 5.92 Å². The highest BCUT2D eigenvalue weighted by atomic mass is 35.5. The Balaban J connectivity index is 2.86. The third-order valence-corrected chi connectivity index (χ3v) is 3.54. The summed E-state index contributed by atoms with van der Waals surface area (Å²) in [5.41, 5.74) is 0.462. The van der Waals surface area contributed by atoms with Crippen LogP contribution in [-0.4, -0.2) is 42.1 Å². The van der Waals surface area contributed by atoms with Crippen LogP contribution in [0.1, 0.15) is 30.6 Å². The fraction of sp³-hybridized carbons (Fsp3) is 0.389. The minimum absolute atomic E-state index is 0.0592. The molecule has 142 valence electrons. The first-order chi connectivity index (χ1) is 12.2. The summed E-state index contributed by atoms with van der Waals surface area (Å²) in [4.78, 5) is 35.5. The summed E-state index contributed by atoms with van der Waals surface area (Å²) in [6.45, 7) is 7.25. The molecule has 1 unspecified atom stereocenters. The number of amides is 2. The molecule has 0 aromatic heterocycles. The summed E-state index contributed by atoms with van der Waals surface area (Å²) in [5.74, 6) is -1.91. The molecule has 0 aliphatic heterocycles. The predicted octanol–water partition coefficient (Wildman–Crippen LogP) is 2.71. The van der Waals surface area contributed by atoms with Crippen LogP contribution in [0.3, 0.4) is 0 Å². The van der Waals surface area contributed by atoms with E-state index >= 15 is 0 Å². The van der Waals surface area contributed by atoms with Gasteiger partial charge in [-0.2, -0.15) is 0 Å². The monoisotopic (exact) mass is 382 g/mol. The standard InChI is InChI=1S/C18H23ClN2O5/c1-4-7-26-10-15(18(24)25)21-17(23)13-9-12(5-6-14(13)19)20-16(22)8-11(2)3/h4-6,9,11,15H,1,7-8,10H2,2-3H3,(H,20,22)(H,21,23)(H,24,25). The van der Waals surface area contributed by atoms with Gasteiger partial charge >= 0.3 is 5.97 Å². The van der Waals surface area contributed by atoms with Gasteiger partial charge < -0.3 is 20.5 Å². The maximum atomic E-state index is 12.4. The number of carbonyl (C=O) groups excluding carboxylic acids is 2. The number of carboxylic acid groups (broad SMARTS) is 1. The lowest BCUT2D eigenvalue weighted by molar-refractivity contribution is -0.140. The SMILES string of the molecule is C=CCOCC(NC(=O)c1cc(NC(=O)CC(C)C)ccc1Cl)C(=O)O. The Labute approximate surface area is 157 Å². The lowest BCUT2D eigenvalue weighted by Crippen LogP contribution is -2.44. The van der Waals surface area contributed by atoms with Gasteiger partial charge in [0.2, 0.25) is 5.91 Å². The minimum Gasteiger partial charge on any atom is -0.480 e. The number of hydrogen-bond acceptors (Lipinski definition) is 4. The average Bonchev–Trinajstić information content (AvgIpc) is 2.54. The molecule has 8 heteroatoms. The number of benzene rings is 1. The van der Waals surface area contributed by atoms with E-state index in [2.05, 4.69) is 17.2 Å². The van der Waals surface area contributed by atoms with Gasteiger partial charge in [0, 0.05) is 12.1 Å². The molecule has 0 aliphatic carbocycles. The summed E-state index contributed by atoms with van der Waals surface area (Å²) < 4.78 is 5.08. The van der Waals surface area contributed by atoms with Crippen molar-refractivity contribution in [3.05, 3.63) is 41.4 Å². The van der Waals surface area contributed by atoms with Crippen molar-refractivity contribution in [1.82, 2.24) is 5.32 Å². The quantitative estimate of drug-likeness (QED) is 0.426. The fourth-order valence-electron chi connectivity index (χ4n) is 2.04. The predicted molar refractivity (Wildman–Crippen MR) is 99.4 cm³/mol. The van der Waals surface area contributed by atoms with Crippen LogP contribution in [-0.2, 0) is 14.3 Å². The maximum absolute atomic E-state index is 12.4. The average molecular weight is 383 g/mol. The molecule has 2 amide bonds. The summed E-state index contributed by atoms with van der Waals surface area (Å²) in [7, 11) is 0. The van der Waals surface area contributed by atoms with E-state index < -0.39 is 17.9 Å². The van der Waals surface area contributed by atoms with Crippen molar-refractivity contribution in [2.75, 3.05) is 18.5 Å². The fourth-order valence-corrected chi connectivity index (χ4v) is 2.24. The van der Waals surface area contributed by atoms with Crippen molar-refractivity contribution >= 4 is 35.1 Å². The number of aliphatic carboxylic acids is 1. The summed E-state index contributed by atoms with van der Waals surface area (Å²) in [5, 5.41) is 14.4. The Bertz CT molecular complexity index is 676. The van der Waals surface area contributed by atoms with Crippen LogP contribution >= 0.6 is 11.6 Å². The molecule has 0 fully saturated rings. The van der Waals surface area contributed by atoms with Gasteiger partial charge in [0.25, 0.3) is 5.91 Å². The second-order valence-corrected chi connectivity index (χ2v) is 6.44. The zero-order valence-electron chi connectivity index (χ0n) is 14.8. The molecule has 3 N–H and O–H groups in total. The van der Waals surface area contributed by atoms with Crippen molar-refractivity contribution in [2.24, 2.45) is 5.92 Å². The zero-order valence-corrected chi connectivity index (χ0v) is 15.5. The normalized spacial score (nSPS) is 11.7. The molecular formula is C18H23ClN2O5. The molecule has 1 aromatic rings. The second kappa shape index (κ2) is 10.6. The Morgan fingerprint density at radius 1 is 1.35 bits per heavy atom. The lowest BCUT2D eigenvalue weighted by Gasteiger charge is -2.15. The van der Waals surface area contributed by atoms with Crippen LogP contribution in [0.25, 0.3) is 0 Å². The number of anilines is 1. The molecule has 0 radical (unpaired) electrons. The first-order valence-corrected chi connectivity index (χ1v) is 8.44. The molecular weight excluding hydrogens is 360 g/mol. The molecule has 26 heavy (non-hydrogen) atoms. The van der Waals surface area contributed by atoms with Crippen molar-refractivity contribution in [2.45, 2.75) is 26.3 Å². The van der Waals surface area contributed by atoms with Crippen molar-refractivity contribution in [1.29, 1.82) is 0 Å². The second-order valence-electron chi connectivity index (χ2n) is 6.03. The molecule has 0 aliphatic rings. The first-order valence-electron chi connectivity index (χ1n) is 8.06. The van der Waals surface area contributed by atoms with Gasteiger partial charge in [0.05, 0.1) is 23.8 Å². The van der Waals surface area contributed by atoms with Gasteiger partial charge in [-0.25, -0.2) is 4.79 Å². The number of nitrogens with one attached hydrogen (secondary N) is 2. The van der Waals surface area contributed by atoms with E-state index in [1.807, 2.05) is 13.8 Å². The van der Waals surface area contributed by atoms with Crippen molar-refractivity contribution in [3.63, 3.8) is 0 Å². The van der Waals surface area contributed by atoms with E-state index in [-0.39, 0.29) is 35.6 Å². The van der Waals surface area contributed by atoms with Gasteiger partial charge in [0.1, 0.15) is 0 Å². The molecule has 0 saturated carbocycles. The van der Waals surface area contributed by atoms with Gasteiger partial charge in [0.15, 0.2) is 6.04 Å². The van der Waals surface area contributed by atoms with Crippen LogP contribution in [0.15, 0.2) is 30.9 Å². The van der Waals surface area contributed by atoms with E-state index in [1.54, 1.807) is 6.07 Å². The summed E-state index contributed by atoms with van der Waals surface area (Å²) in [6.07, 6.45) is 1.81. The molecule has 1 atom stereocenters. The van der Waals surface area contributed by atoms with Crippen molar-refractivity contribution in [3.8, 4) is 0 Å². The minimum atomic E-state index is -1.24. The van der Waals surface area contributed by atoms with E-state index in [0.29, 0.717) is 12.1 Å². The summed E-state index contributed by atoms with van der Waals surface area (Å²) in [6, 6.07) is 3.20. The Morgan fingerprint density at radius 2 is 2.04 bits per heavy atom. The van der Waals surface area contributed by atoms with Crippen LogP contribution in [0.5, 0.6) is 0 Å². The Kier molecular flexibility index (Phi) is 8.81. The molecule has 0 spiro atoms. The van der Waals surface area contributed by atoms with Crippen molar-refractivity contribution < 1.29 is 24.2 Å². The highest BCUT2D eigenvalue weighted by Gasteiger charge is 2.22. The first kappa shape index (κ1) is 21.7. The smallest absolute Gasteiger partial charge is 0.328 e. The van der Waals surface area contributed by atoms with Crippen LogP contribution in [0.2, 0.25) is 5.02 Å². The van der Waals surface area contributed by atoms with Gasteiger partial charge in [-0.05, 0) is 24.1 Å². The number of rotatable bonds is 10. The lowest BCUT2D eigenvalue weighted by atomic mass is 10.1. The Hall–Kier alpha value is -2.38. The Morgan fingerprint density at radius 3 is 2.62 bits per heavy atom. The van der Waals surface area contributed by atoms with E-state index in [1.165, 1.54) is 18.2 Å². The number of carboxylic acids is 1. The van der Waals surface area contributed by atoms with Gasteiger partial charge in [-0.3, -0.25) is 9.59 Å². The zero-order chi connectivity index (χ0) is 19.7. The molecule has 7 nitrogen and oxygen atoms in total. The number of ether oxygens (including phenoxy) is 1. The van der Waals surface area contributed by atoms with Gasteiger partial charge in [-0.15, -0.1) is 6.58 Å². The van der Waals surface area contributed by atoms with Crippen LogP contribution in [0.4, 0.5) is 5.69 Å². The topological polar surface area (TPSA) is 105 Å². The third kappa shape index (κ3) is 7.25. The molecule has 0 saturated heterocycles. The van der Waals surface area contributed by atoms with E-state index in [0.717, 1.165) is 0 Å². The molecule has 1 rings (SSSR count). The maximum Gasteiger partial charge on any atom is 0.328 e. The molecule has 1 aromatic carbocycles. The summed E-state index contributed by atoms with van der Waals surface area (Å²) >= 11 is 6.04. The third-order valence-electron chi connectivity index (χ3n) is 3.21. The molecule has 0 heterocycles. The largest absolute Gasteiger partial charge is 0.480 e. The highest BCUT2D eigenvalue weighted by Crippen LogP contribution is 2.21. The number of hydrogen-bond donors (Lipinski definition) is 3. The number of carbonyl (C=O) groups is 3.